The van der Waals surface area contributed by atoms with Gasteiger partial charge in [-0.2, -0.15) is 0 Å². The summed E-state index contributed by atoms with van der Waals surface area (Å²) < 4.78 is 0. The van der Waals surface area contributed by atoms with E-state index >= 15 is 0 Å². The number of rotatable bonds is 16. The van der Waals surface area contributed by atoms with Crippen molar-refractivity contribution < 1.29 is 30.0 Å². The van der Waals surface area contributed by atoms with Crippen molar-refractivity contribution in [2.45, 2.75) is 104 Å². The van der Waals surface area contributed by atoms with Crippen molar-refractivity contribution in [2.75, 3.05) is 0 Å². The molecule has 0 saturated heterocycles. The third kappa shape index (κ3) is 14.3. The van der Waals surface area contributed by atoms with E-state index in [0.717, 1.165) is 38.5 Å². The summed E-state index contributed by atoms with van der Waals surface area (Å²) in [5, 5.41) is 41.1. The van der Waals surface area contributed by atoms with Crippen molar-refractivity contribution in [3.63, 3.8) is 0 Å². The zero-order chi connectivity index (χ0) is 26.8. The number of hydrogen-bond donors (Lipinski definition) is 2. The number of benzene rings is 2. The van der Waals surface area contributed by atoms with Gasteiger partial charge in [0.1, 0.15) is 11.5 Å². The molecule has 0 aliphatic heterocycles. The van der Waals surface area contributed by atoms with Crippen LogP contribution in [0.1, 0.15) is 123 Å². The number of hydrogen-bond acceptors (Lipinski definition) is 6. The molecule has 6 nitrogen and oxygen atoms in total. The summed E-state index contributed by atoms with van der Waals surface area (Å²) in [6, 6.07) is 9.58. The van der Waals surface area contributed by atoms with Crippen molar-refractivity contribution in [2.24, 2.45) is 0 Å². The molecule has 7 heteroatoms. The fourth-order valence-electron chi connectivity index (χ4n) is 4.11. The van der Waals surface area contributed by atoms with Crippen LogP contribution in [0.2, 0.25) is 0 Å². The van der Waals surface area contributed by atoms with Crippen LogP contribution in [-0.4, -0.2) is 71.0 Å². The Hall–Kier alpha value is -1.45. The number of carbonyl (C=O) groups excluding carboxylic acids is 2. The van der Waals surface area contributed by atoms with Crippen LogP contribution in [0.5, 0.6) is 11.5 Å². The van der Waals surface area contributed by atoms with Gasteiger partial charge >= 0.3 is 48.9 Å². The molecule has 0 spiro atoms. The minimum absolute atomic E-state index is 0. The van der Waals surface area contributed by atoms with E-state index in [1.54, 1.807) is 24.3 Å². The number of carbonyl (C=O) groups is 2. The molecule has 200 valence electrons. The predicted molar refractivity (Wildman–Crippen MR) is 145 cm³/mol. The average Bonchev–Trinajstić information content (AvgIpc) is 2.85. The van der Waals surface area contributed by atoms with Crippen LogP contribution in [0.4, 0.5) is 0 Å². The van der Waals surface area contributed by atoms with Crippen molar-refractivity contribution in [3.8, 4) is 11.5 Å². The number of aromatic hydroxyl groups is 2. The molecule has 0 aromatic heterocycles. The quantitative estimate of drug-likeness (QED) is 0.199. The molecule has 0 radical (unpaired) electrons. The van der Waals surface area contributed by atoms with Gasteiger partial charge in [-0.25, -0.2) is 0 Å². The van der Waals surface area contributed by atoms with E-state index in [-0.39, 0.29) is 71.5 Å². The van der Waals surface area contributed by atoms with Crippen molar-refractivity contribution in [1.82, 2.24) is 0 Å². The molecule has 0 atom stereocenters. The molecule has 0 fully saturated rings. The van der Waals surface area contributed by atoms with E-state index < -0.39 is 11.9 Å². The Kier molecular flexibility index (Phi) is 20.6. The van der Waals surface area contributed by atoms with Crippen molar-refractivity contribution in [3.05, 3.63) is 58.7 Å². The van der Waals surface area contributed by atoms with Gasteiger partial charge in [0.2, 0.25) is 0 Å². The Morgan fingerprint density at radius 1 is 0.595 bits per heavy atom. The smallest absolute Gasteiger partial charge is 0.545 e. The second-order valence-corrected chi connectivity index (χ2v) is 9.24. The maximum atomic E-state index is 10.8. The van der Waals surface area contributed by atoms with Gasteiger partial charge in [0, 0.05) is 11.1 Å². The molecule has 2 N–H and O–H groups in total. The molecule has 0 amide bonds. The SMILES string of the molecule is CCCCCCCCc1cccc(C(=O)[O-])c1O.CCCCCCCCc1cccc(C(=O)[O-])c1O.[Ba+2]. The van der Waals surface area contributed by atoms with Crippen LogP contribution >= 0.6 is 0 Å². The van der Waals surface area contributed by atoms with E-state index in [0.29, 0.717) is 11.1 Å². The zero-order valence-electron chi connectivity index (χ0n) is 22.6. The molecule has 2 aromatic carbocycles. The van der Waals surface area contributed by atoms with Crippen molar-refractivity contribution in [1.29, 1.82) is 0 Å². The predicted octanol–water partition coefficient (Wildman–Crippen LogP) is 4.94. The number of carboxylic acid groups (broad SMARTS) is 2. The van der Waals surface area contributed by atoms with E-state index in [4.69, 9.17) is 0 Å². The third-order valence-corrected chi connectivity index (χ3v) is 6.28. The van der Waals surface area contributed by atoms with Crippen LogP contribution in [0.15, 0.2) is 36.4 Å². The maximum Gasteiger partial charge on any atom is 2.00 e. The summed E-state index contributed by atoms with van der Waals surface area (Å²) >= 11 is 0. The fourth-order valence-corrected chi connectivity index (χ4v) is 4.11. The second-order valence-electron chi connectivity index (χ2n) is 9.24. The first-order chi connectivity index (χ1) is 17.3. The zero-order valence-corrected chi connectivity index (χ0v) is 27.0. The summed E-state index contributed by atoms with van der Waals surface area (Å²) in [6.07, 6.45) is 15.6. The van der Waals surface area contributed by atoms with Crippen LogP contribution in [0.3, 0.4) is 0 Å². The number of carboxylic acids is 2. The first kappa shape index (κ1) is 35.6. The molecule has 0 heterocycles. The van der Waals surface area contributed by atoms with Gasteiger partial charge in [0.05, 0.1) is 11.9 Å². The van der Waals surface area contributed by atoms with E-state index in [1.807, 2.05) is 0 Å². The number of unbranched alkanes of at least 4 members (excludes halogenated alkanes) is 10. The molecule has 37 heavy (non-hydrogen) atoms. The Morgan fingerprint density at radius 2 is 0.919 bits per heavy atom. The Labute approximate surface area is 262 Å². The molecule has 0 saturated carbocycles. The van der Waals surface area contributed by atoms with Gasteiger partial charge in [-0.1, -0.05) is 102 Å². The molecular formula is C30H42BaO6. The number of aromatic carboxylic acids is 2. The third-order valence-electron chi connectivity index (χ3n) is 6.28. The molecule has 0 aliphatic rings. The van der Waals surface area contributed by atoms with Crippen LogP contribution in [0, 0.1) is 0 Å². The summed E-state index contributed by atoms with van der Waals surface area (Å²) in [5.41, 5.74) is 1.18. The monoisotopic (exact) mass is 636 g/mol. The van der Waals surface area contributed by atoms with Gasteiger partial charge in [-0.15, -0.1) is 0 Å². The van der Waals surface area contributed by atoms with Gasteiger partial charge in [0.25, 0.3) is 0 Å². The largest absolute Gasteiger partial charge is 2.00 e. The number of phenols is 2. The minimum atomic E-state index is -1.32. The van der Waals surface area contributed by atoms with Gasteiger partial charge in [-0.3, -0.25) is 0 Å². The molecule has 2 aromatic rings. The molecule has 0 bridgehead atoms. The van der Waals surface area contributed by atoms with Crippen LogP contribution < -0.4 is 10.2 Å². The number of para-hydroxylation sites is 2. The van der Waals surface area contributed by atoms with Crippen LogP contribution in [-0.2, 0) is 12.8 Å². The molecule has 0 aliphatic carbocycles. The molecular weight excluding hydrogens is 594 g/mol. The van der Waals surface area contributed by atoms with Crippen molar-refractivity contribution >= 4 is 60.8 Å². The van der Waals surface area contributed by atoms with E-state index in [2.05, 4.69) is 13.8 Å². The Balaban J connectivity index is 0.000000682. The minimum Gasteiger partial charge on any atom is -0.545 e. The molecule has 2 rings (SSSR count). The maximum absolute atomic E-state index is 10.8. The first-order valence-electron chi connectivity index (χ1n) is 13.4. The molecule has 0 unspecified atom stereocenters. The summed E-state index contributed by atoms with van der Waals surface area (Å²) in [6.45, 7) is 4.37. The summed E-state index contributed by atoms with van der Waals surface area (Å²) in [5.74, 6) is -2.91. The van der Waals surface area contributed by atoms with Gasteiger partial charge in [0.15, 0.2) is 0 Å². The van der Waals surface area contributed by atoms with E-state index in [1.165, 1.54) is 63.5 Å². The topological polar surface area (TPSA) is 121 Å². The number of aryl methyl sites for hydroxylation is 2. The second kappa shape index (κ2) is 21.5. The van der Waals surface area contributed by atoms with Gasteiger partial charge in [-0.05, 0) is 48.9 Å². The van der Waals surface area contributed by atoms with Gasteiger partial charge < -0.3 is 30.0 Å². The first-order valence-corrected chi connectivity index (χ1v) is 13.4. The van der Waals surface area contributed by atoms with E-state index in [9.17, 15) is 30.0 Å². The summed E-state index contributed by atoms with van der Waals surface area (Å²) in [7, 11) is 0. The standard InChI is InChI=1S/2C15H22O3.Ba/c2*1-2-3-4-5-6-7-9-12-10-8-11-13(14(12)16)15(17)18;/h2*8,10-11,16H,2-7,9H2,1H3,(H,17,18);/q;;+2/p-2. The fraction of sp³-hybridized carbons (Fsp3) is 0.533. The van der Waals surface area contributed by atoms with Crippen LogP contribution in [0.25, 0.3) is 0 Å². The average molecular weight is 636 g/mol. The Morgan fingerprint density at radius 3 is 1.24 bits per heavy atom. The normalized spacial score (nSPS) is 10.2. The Bertz CT molecular complexity index is 853. The summed E-state index contributed by atoms with van der Waals surface area (Å²) in [4.78, 5) is 21.5.